The maximum atomic E-state index is 11.6. The zero-order chi connectivity index (χ0) is 14.7. The molecular formula is C14H14ClN3O2. The van der Waals surface area contributed by atoms with Crippen LogP contribution in [0.25, 0.3) is 0 Å². The number of nitrogens with zero attached hydrogens (tertiary/aromatic N) is 1. The number of nitrogens with one attached hydrogen (secondary N) is 1. The fourth-order valence-corrected chi connectivity index (χ4v) is 1.96. The van der Waals surface area contributed by atoms with Crippen molar-refractivity contribution in [2.75, 3.05) is 18.2 Å². The minimum absolute atomic E-state index is 0.258. The minimum Gasteiger partial charge on any atom is -0.465 e. The van der Waals surface area contributed by atoms with Crippen LogP contribution in [-0.4, -0.2) is 18.1 Å². The van der Waals surface area contributed by atoms with E-state index in [2.05, 4.69) is 15.0 Å². The van der Waals surface area contributed by atoms with Crippen LogP contribution in [0.2, 0.25) is 5.02 Å². The zero-order valence-electron chi connectivity index (χ0n) is 11.1. The fourth-order valence-electron chi connectivity index (χ4n) is 1.68. The molecule has 0 aliphatic carbocycles. The SMILES string of the molecule is COC(=O)c1cc(Nc2ccc(C)cc2Cl)ncc1N. The maximum absolute atomic E-state index is 11.6. The molecule has 5 nitrogen and oxygen atoms in total. The number of carbonyl (C=O) groups excluding carboxylic acids is 1. The number of nitrogens with two attached hydrogens (primary N) is 1. The number of halogens is 1. The van der Waals surface area contributed by atoms with E-state index in [1.165, 1.54) is 19.4 Å². The summed E-state index contributed by atoms with van der Waals surface area (Å²) in [5.41, 5.74) is 7.97. The molecule has 1 aromatic carbocycles. The van der Waals surface area contributed by atoms with E-state index in [-0.39, 0.29) is 11.3 Å². The summed E-state index contributed by atoms with van der Waals surface area (Å²) in [7, 11) is 1.30. The van der Waals surface area contributed by atoms with Crippen molar-refractivity contribution in [2.24, 2.45) is 0 Å². The van der Waals surface area contributed by atoms with Crippen molar-refractivity contribution in [3.05, 3.63) is 46.6 Å². The number of carbonyl (C=O) groups is 1. The highest BCUT2D eigenvalue weighted by atomic mass is 35.5. The molecule has 0 atom stereocenters. The summed E-state index contributed by atoms with van der Waals surface area (Å²) in [6.45, 7) is 1.95. The largest absolute Gasteiger partial charge is 0.465 e. The molecule has 0 aliphatic rings. The van der Waals surface area contributed by atoms with Gasteiger partial charge in [0, 0.05) is 0 Å². The lowest BCUT2D eigenvalue weighted by Gasteiger charge is -2.10. The molecule has 6 heteroatoms. The molecule has 20 heavy (non-hydrogen) atoms. The van der Waals surface area contributed by atoms with Crippen LogP contribution in [0, 0.1) is 6.92 Å². The van der Waals surface area contributed by atoms with Gasteiger partial charge in [0.25, 0.3) is 0 Å². The van der Waals surface area contributed by atoms with E-state index < -0.39 is 5.97 Å². The van der Waals surface area contributed by atoms with Crippen LogP contribution in [0.15, 0.2) is 30.5 Å². The molecule has 0 saturated carbocycles. The Balaban J connectivity index is 2.32. The van der Waals surface area contributed by atoms with Crippen molar-refractivity contribution in [1.29, 1.82) is 0 Å². The molecule has 2 aromatic rings. The first-order valence-corrected chi connectivity index (χ1v) is 6.26. The van der Waals surface area contributed by atoms with Crippen LogP contribution >= 0.6 is 11.6 Å². The summed E-state index contributed by atoms with van der Waals surface area (Å²) in [5, 5.41) is 3.61. The number of hydrogen-bond acceptors (Lipinski definition) is 5. The Hall–Kier alpha value is -2.27. The van der Waals surface area contributed by atoms with E-state index in [1.807, 2.05) is 25.1 Å². The van der Waals surface area contributed by atoms with Gasteiger partial charge in [-0.1, -0.05) is 17.7 Å². The Labute approximate surface area is 121 Å². The first-order valence-electron chi connectivity index (χ1n) is 5.88. The van der Waals surface area contributed by atoms with Crippen LogP contribution in [0.4, 0.5) is 17.2 Å². The maximum Gasteiger partial charge on any atom is 0.340 e. The molecule has 2 rings (SSSR count). The van der Waals surface area contributed by atoms with Gasteiger partial charge in [-0.15, -0.1) is 0 Å². The molecule has 1 aromatic heterocycles. The minimum atomic E-state index is -0.511. The van der Waals surface area contributed by atoms with Gasteiger partial charge in [-0.05, 0) is 30.7 Å². The number of nitrogen functional groups attached to an aromatic ring is 1. The summed E-state index contributed by atoms with van der Waals surface area (Å²) in [4.78, 5) is 15.7. The van der Waals surface area contributed by atoms with Gasteiger partial charge in [-0.3, -0.25) is 0 Å². The number of methoxy groups -OCH3 is 1. The molecule has 0 bridgehead atoms. The molecule has 3 N–H and O–H groups in total. The summed E-state index contributed by atoms with van der Waals surface area (Å²) in [6, 6.07) is 7.13. The molecule has 0 spiro atoms. The van der Waals surface area contributed by atoms with Crippen molar-refractivity contribution in [3.63, 3.8) is 0 Å². The number of rotatable bonds is 3. The molecular weight excluding hydrogens is 278 g/mol. The second kappa shape index (κ2) is 5.79. The van der Waals surface area contributed by atoms with Gasteiger partial charge in [0.15, 0.2) is 0 Å². The molecule has 104 valence electrons. The van der Waals surface area contributed by atoms with E-state index in [1.54, 1.807) is 0 Å². The standard InChI is InChI=1S/C14H14ClN3O2/c1-8-3-4-12(10(15)5-8)18-13-6-9(14(19)20-2)11(16)7-17-13/h3-7H,16H2,1-2H3,(H,17,18). The summed E-state index contributed by atoms with van der Waals surface area (Å²) in [5.74, 6) is -0.0479. The van der Waals surface area contributed by atoms with Gasteiger partial charge in [0.1, 0.15) is 5.82 Å². The van der Waals surface area contributed by atoms with Crippen molar-refractivity contribution in [1.82, 2.24) is 4.98 Å². The number of hydrogen-bond donors (Lipinski definition) is 2. The molecule has 0 fully saturated rings. The van der Waals surface area contributed by atoms with Crippen LogP contribution in [-0.2, 0) is 4.74 Å². The third-order valence-electron chi connectivity index (χ3n) is 2.73. The third-order valence-corrected chi connectivity index (χ3v) is 3.04. The Morgan fingerprint density at radius 3 is 2.80 bits per heavy atom. The van der Waals surface area contributed by atoms with Gasteiger partial charge in [-0.2, -0.15) is 0 Å². The van der Waals surface area contributed by atoms with E-state index in [4.69, 9.17) is 17.3 Å². The van der Waals surface area contributed by atoms with Gasteiger partial charge >= 0.3 is 5.97 Å². The third kappa shape index (κ3) is 3.00. The monoisotopic (exact) mass is 291 g/mol. The van der Waals surface area contributed by atoms with E-state index in [0.29, 0.717) is 16.5 Å². The number of aryl methyl sites for hydroxylation is 1. The van der Waals surface area contributed by atoms with Gasteiger partial charge < -0.3 is 15.8 Å². The van der Waals surface area contributed by atoms with Crippen molar-refractivity contribution >= 4 is 34.8 Å². The molecule has 0 amide bonds. The summed E-state index contributed by atoms with van der Waals surface area (Å²) < 4.78 is 4.66. The van der Waals surface area contributed by atoms with Gasteiger partial charge in [-0.25, -0.2) is 9.78 Å². The lowest BCUT2D eigenvalue weighted by molar-refractivity contribution is 0.0602. The van der Waals surface area contributed by atoms with Crippen LogP contribution < -0.4 is 11.1 Å². The Morgan fingerprint density at radius 1 is 1.40 bits per heavy atom. The average Bonchev–Trinajstić information content (AvgIpc) is 2.43. The van der Waals surface area contributed by atoms with Gasteiger partial charge in [0.2, 0.25) is 0 Å². The molecule has 0 radical (unpaired) electrons. The zero-order valence-corrected chi connectivity index (χ0v) is 11.9. The van der Waals surface area contributed by atoms with Crippen LogP contribution in [0.3, 0.4) is 0 Å². The van der Waals surface area contributed by atoms with Crippen molar-refractivity contribution in [3.8, 4) is 0 Å². The second-order valence-corrected chi connectivity index (χ2v) is 4.66. The predicted octanol–water partition coefficient (Wildman–Crippen LogP) is 3.16. The quantitative estimate of drug-likeness (QED) is 0.850. The molecule has 0 unspecified atom stereocenters. The second-order valence-electron chi connectivity index (χ2n) is 4.26. The lowest BCUT2D eigenvalue weighted by atomic mass is 10.2. The fraction of sp³-hybridized carbons (Fsp3) is 0.143. The van der Waals surface area contributed by atoms with Crippen molar-refractivity contribution in [2.45, 2.75) is 6.92 Å². The van der Waals surface area contributed by atoms with E-state index >= 15 is 0 Å². The molecule has 0 aliphatic heterocycles. The lowest BCUT2D eigenvalue weighted by Crippen LogP contribution is -2.07. The topological polar surface area (TPSA) is 77.2 Å². The van der Waals surface area contributed by atoms with E-state index in [0.717, 1.165) is 5.56 Å². The number of ether oxygens (including phenoxy) is 1. The normalized spacial score (nSPS) is 10.2. The van der Waals surface area contributed by atoms with E-state index in [9.17, 15) is 4.79 Å². The van der Waals surface area contributed by atoms with Gasteiger partial charge in [0.05, 0.1) is 35.3 Å². The number of aromatic nitrogens is 1. The Morgan fingerprint density at radius 2 is 2.15 bits per heavy atom. The Kier molecular flexibility index (Phi) is 4.10. The number of anilines is 3. The van der Waals surface area contributed by atoms with Crippen LogP contribution in [0.5, 0.6) is 0 Å². The van der Waals surface area contributed by atoms with Crippen molar-refractivity contribution < 1.29 is 9.53 Å². The smallest absolute Gasteiger partial charge is 0.340 e. The summed E-state index contributed by atoms with van der Waals surface area (Å²) >= 11 is 6.13. The molecule has 1 heterocycles. The molecule has 0 saturated heterocycles. The predicted molar refractivity (Wildman–Crippen MR) is 79.5 cm³/mol. The highest BCUT2D eigenvalue weighted by Crippen LogP contribution is 2.26. The first-order chi connectivity index (χ1) is 9.51. The Bertz CT molecular complexity index is 659. The van der Waals surface area contributed by atoms with Crippen LogP contribution in [0.1, 0.15) is 15.9 Å². The first kappa shape index (κ1) is 14.1. The number of pyridine rings is 1. The highest BCUT2D eigenvalue weighted by Gasteiger charge is 2.12. The number of benzene rings is 1. The average molecular weight is 292 g/mol. The highest BCUT2D eigenvalue weighted by molar-refractivity contribution is 6.33. The number of esters is 1. The summed E-state index contributed by atoms with van der Waals surface area (Å²) in [6.07, 6.45) is 1.40.